The Morgan fingerprint density at radius 1 is 1.27 bits per heavy atom. The summed E-state index contributed by atoms with van der Waals surface area (Å²) in [5.74, 6) is 2.05. The average molecular weight is 440 g/mol. The molecule has 0 saturated heterocycles. The lowest BCUT2D eigenvalue weighted by atomic mass is 10.2. The number of nitrogens with zero attached hydrogens (tertiary/aromatic N) is 6. The minimum Gasteiger partial charge on any atom is -0.381 e. The van der Waals surface area contributed by atoms with Crippen LogP contribution in [0.15, 0.2) is 58.1 Å². The Balaban J connectivity index is 1.63. The second kappa shape index (κ2) is 7.61. The SMILES string of the molecule is C#Cc1noc2nc([C@H](C)NC(=O)c3c(N)nn4cccnc34)n(-c3ccccc3)c(=O)c12. The quantitative estimate of drug-likeness (QED) is 0.400. The maximum Gasteiger partial charge on any atom is 0.272 e. The van der Waals surface area contributed by atoms with Crippen LogP contribution in [0.3, 0.4) is 0 Å². The summed E-state index contributed by atoms with van der Waals surface area (Å²) in [4.78, 5) is 35.2. The fourth-order valence-corrected chi connectivity index (χ4v) is 3.59. The van der Waals surface area contributed by atoms with Gasteiger partial charge in [-0.25, -0.2) is 9.50 Å². The van der Waals surface area contributed by atoms with Crippen LogP contribution in [-0.2, 0) is 0 Å². The fraction of sp³-hybridized carbons (Fsp3) is 0.0909. The van der Waals surface area contributed by atoms with Crippen LogP contribution in [-0.4, -0.2) is 35.2 Å². The highest BCUT2D eigenvalue weighted by atomic mass is 16.5. The number of nitrogens with two attached hydrogens (primary N) is 1. The van der Waals surface area contributed by atoms with E-state index >= 15 is 0 Å². The van der Waals surface area contributed by atoms with Crippen LogP contribution in [0.25, 0.3) is 22.4 Å². The lowest BCUT2D eigenvalue weighted by Crippen LogP contribution is -2.33. The Bertz CT molecular complexity index is 1630. The lowest BCUT2D eigenvalue weighted by molar-refractivity contribution is 0.0940. The van der Waals surface area contributed by atoms with Crippen molar-refractivity contribution in [1.29, 1.82) is 0 Å². The highest BCUT2D eigenvalue weighted by Crippen LogP contribution is 2.21. The Hall–Kier alpha value is -4.98. The number of amides is 1. The first-order valence-electron chi connectivity index (χ1n) is 9.83. The van der Waals surface area contributed by atoms with E-state index in [2.05, 4.69) is 31.5 Å². The van der Waals surface area contributed by atoms with Crippen LogP contribution in [0.4, 0.5) is 5.82 Å². The molecule has 33 heavy (non-hydrogen) atoms. The van der Waals surface area contributed by atoms with Crippen molar-refractivity contribution >= 4 is 28.5 Å². The smallest absolute Gasteiger partial charge is 0.272 e. The van der Waals surface area contributed by atoms with Crippen LogP contribution in [0.1, 0.15) is 34.8 Å². The third kappa shape index (κ3) is 3.17. The van der Waals surface area contributed by atoms with Crippen molar-refractivity contribution in [3.8, 4) is 18.0 Å². The van der Waals surface area contributed by atoms with E-state index < -0.39 is 17.5 Å². The normalized spacial score (nSPS) is 12.0. The predicted octanol–water partition coefficient (Wildman–Crippen LogP) is 1.47. The monoisotopic (exact) mass is 440 g/mol. The van der Waals surface area contributed by atoms with E-state index in [1.165, 1.54) is 15.3 Å². The predicted molar refractivity (Wildman–Crippen MR) is 119 cm³/mol. The third-order valence-corrected chi connectivity index (χ3v) is 5.07. The number of nitrogen functional groups attached to an aromatic ring is 1. The van der Waals surface area contributed by atoms with E-state index in [1.807, 2.05) is 6.07 Å². The van der Waals surface area contributed by atoms with Gasteiger partial charge in [0, 0.05) is 12.4 Å². The minimum atomic E-state index is -0.743. The molecule has 1 atom stereocenters. The van der Waals surface area contributed by atoms with Crippen LogP contribution < -0.4 is 16.6 Å². The first kappa shape index (κ1) is 20.0. The Labute approximate surface area is 185 Å². The maximum absolute atomic E-state index is 13.4. The zero-order valence-corrected chi connectivity index (χ0v) is 17.3. The fourth-order valence-electron chi connectivity index (χ4n) is 3.59. The molecule has 0 aliphatic heterocycles. The number of benzene rings is 1. The maximum atomic E-state index is 13.4. The Morgan fingerprint density at radius 2 is 2.06 bits per heavy atom. The van der Waals surface area contributed by atoms with Gasteiger partial charge in [0.1, 0.15) is 16.8 Å². The number of aromatic nitrogens is 6. The summed E-state index contributed by atoms with van der Waals surface area (Å²) in [5, 5.41) is 10.8. The van der Waals surface area contributed by atoms with Crippen LogP contribution in [0.2, 0.25) is 0 Å². The zero-order chi connectivity index (χ0) is 23.1. The molecular weight excluding hydrogens is 424 g/mol. The topological polar surface area (TPSA) is 146 Å². The van der Waals surface area contributed by atoms with Crippen molar-refractivity contribution in [2.24, 2.45) is 0 Å². The van der Waals surface area contributed by atoms with E-state index in [1.54, 1.807) is 43.5 Å². The molecular formula is C22H16N8O3. The number of hydrogen-bond acceptors (Lipinski definition) is 8. The molecule has 4 heterocycles. The number of carbonyl (C=O) groups excluding carboxylic acids is 1. The van der Waals surface area contributed by atoms with Crippen molar-refractivity contribution in [3.63, 3.8) is 0 Å². The molecule has 0 fully saturated rings. The molecule has 1 aromatic carbocycles. The molecule has 5 aromatic rings. The summed E-state index contributed by atoms with van der Waals surface area (Å²) in [7, 11) is 0. The molecule has 5 rings (SSSR count). The van der Waals surface area contributed by atoms with Gasteiger partial charge in [-0.3, -0.25) is 14.2 Å². The van der Waals surface area contributed by atoms with Crippen LogP contribution >= 0.6 is 0 Å². The first-order chi connectivity index (χ1) is 16.0. The molecule has 0 aliphatic carbocycles. The molecule has 11 nitrogen and oxygen atoms in total. The van der Waals surface area contributed by atoms with Gasteiger partial charge in [-0.05, 0) is 31.0 Å². The molecule has 3 N–H and O–H groups in total. The summed E-state index contributed by atoms with van der Waals surface area (Å²) in [5.41, 5.74) is 6.49. The van der Waals surface area contributed by atoms with Crippen LogP contribution in [0, 0.1) is 12.3 Å². The highest BCUT2D eigenvalue weighted by molar-refractivity contribution is 6.04. The molecule has 0 radical (unpaired) electrons. The molecule has 0 saturated carbocycles. The molecule has 0 aliphatic rings. The van der Waals surface area contributed by atoms with Crippen molar-refractivity contribution in [1.82, 2.24) is 34.6 Å². The molecule has 0 unspecified atom stereocenters. The standard InChI is InChI=1S/C22H16N8O3/c1-3-14-15-21(33-28-14)26-18(30(22(15)32)13-8-5-4-6-9-13)12(2)25-20(31)16-17(23)27-29-11-7-10-24-19(16)29/h1,4-12H,2H3,(H2,23,27)(H,25,31)/t12-/m0/s1. The molecule has 4 aromatic heterocycles. The molecule has 0 bridgehead atoms. The number of para-hydroxylation sites is 1. The van der Waals surface area contributed by atoms with Gasteiger partial charge in [-0.1, -0.05) is 23.4 Å². The number of carbonyl (C=O) groups is 1. The van der Waals surface area contributed by atoms with Crippen molar-refractivity contribution in [2.45, 2.75) is 13.0 Å². The van der Waals surface area contributed by atoms with Gasteiger partial charge in [0.2, 0.25) is 0 Å². The largest absolute Gasteiger partial charge is 0.381 e. The van der Waals surface area contributed by atoms with Gasteiger partial charge in [0.25, 0.3) is 17.2 Å². The van der Waals surface area contributed by atoms with Gasteiger partial charge in [-0.2, -0.15) is 4.98 Å². The van der Waals surface area contributed by atoms with Gasteiger partial charge in [0.05, 0.1) is 11.7 Å². The third-order valence-electron chi connectivity index (χ3n) is 5.07. The number of rotatable bonds is 4. The van der Waals surface area contributed by atoms with E-state index in [9.17, 15) is 9.59 Å². The van der Waals surface area contributed by atoms with Gasteiger partial charge < -0.3 is 15.6 Å². The number of terminal acetylenes is 1. The average Bonchev–Trinajstić information content (AvgIpc) is 3.39. The first-order valence-corrected chi connectivity index (χ1v) is 9.83. The van der Waals surface area contributed by atoms with E-state index in [4.69, 9.17) is 16.7 Å². The summed E-state index contributed by atoms with van der Waals surface area (Å²) in [6, 6.07) is 9.78. The van der Waals surface area contributed by atoms with E-state index in [-0.39, 0.29) is 34.0 Å². The zero-order valence-electron chi connectivity index (χ0n) is 17.3. The molecule has 0 spiro atoms. The summed E-state index contributed by atoms with van der Waals surface area (Å²) >= 11 is 0. The lowest BCUT2D eigenvalue weighted by Gasteiger charge is -2.18. The Kier molecular flexibility index (Phi) is 4.60. The molecule has 11 heteroatoms. The molecule has 1 amide bonds. The Morgan fingerprint density at radius 3 is 2.82 bits per heavy atom. The number of anilines is 1. The van der Waals surface area contributed by atoms with Gasteiger partial charge in [-0.15, -0.1) is 11.5 Å². The van der Waals surface area contributed by atoms with E-state index in [0.717, 1.165) is 0 Å². The highest BCUT2D eigenvalue weighted by Gasteiger charge is 2.26. The summed E-state index contributed by atoms with van der Waals surface area (Å²) in [6.07, 6.45) is 8.63. The van der Waals surface area contributed by atoms with Crippen molar-refractivity contribution in [3.05, 3.63) is 76.2 Å². The number of hydrogen-bond donors (Lipinski definition) is 2. The van der Waals surface area contributed by atoms with Gasteiger partial charge in [0.15, 0.2) is 17.2 Å². The van der Waals surface area contributed by atoms with Crippen molar-refractivity contribution < 1.29 is 9.32 Å². The van der Waals surface area contributed by atoms with Crippen molar-refractivity contribution in [2.75, 3.05) is 5.73 Å². The summed E-state index contributed by atoms with van der Waals surface area (Å²) in [6.45, 7) is 1.68. The number of nitrogens with one attached hydrogen (secondary N) is 1. The minimum absolute atomic E-state index is 0.0200. The number of fused-ring (bicyclic) bond motifs is 2. The van der Waals surface area contributed by atoms with Crippen LogP contribution in [0.5, 0.6) is 0 Å². The molecule has 162 valence electrons. The second-order valence-corrected chi connectivity index (χ2v) is 7.15. The van der Waals surface area contributed by atoms with E-state index in [0.29, 0.717) is 11.3 Å². The second-order valence-electron chi connectivity index (χ2n) is 7.15. The summed E-state index contributed by atoms with van der Waals surface area (Å²) < 4.78 is 7.96. The van der Waals surface area contributed by atoms with Gasteiger partial charge >= 0.3 is 0 Å².